The maximum absolute atomic E-state index is 12.9. The number of hydrogen-bond acceptors (Lipinski definition) is 4. The molecule has 2 aromatic rings. The van der Waals surface area contributed by atoms with Gasteiger partial charge in [-0.1, -0.05) is 32.0 Å². The van der Waals surface area contributed by atoms with Gasteiger partial charge < -0.3 is 20.9 Å². The van der Waals surface area contributed by atoms with Gasteiger partial charge in [0.25, 0.3) is 0 Å². The highest BCUT2D eigenvalue weighted by molar-refractivity contribution is 5.98. The number of benzene rings is 1. The fourth-order valence-electron chi connectivity index (χ4n) is 3.51. The average molecular weight is 399 g/mol. The number of rotatable bonds is 6. The Balaban J connectivity index is 1.63. The van der Waals surface area contributed by atoms with Gasteiger partial charge >= 0.3 is 6.03 Å². The molecule has 1 saturated heterocycles. The van der Waals surface area contributed by atoms with Gasteiger partial charge in [0, 0.05) is 11.8 Å². The van der Waals surface area contributed by atoms with Crippen molar-refractivity contribution >= 4 is 23.4 Å². The minimum Gasteiger partial charge on any atom is -0.326 e. The topological polar surface area (TPSA) is 91.3 Å². The van der Waals surface area contributed by atoms with Crippen LogP contribution in [0.25, 0.3) is 0 Å². The molecule has 0 saturated carbocycles. The summed E-state index contributed by atoms with van der Waals surface area (Å²) >= 11 is 0. The molecule has 0 unspecified atom stereocenters. The van der Waals surface area contributed by atoms with Gasteiger partial charge in [-0.15, -0.1) is 0 Å². The molecule has 8 nitrogen and oxygen atoms in total. The van der Waals surface area contributed by atoms with Crippen molar-refractivity contribution in [1.29, 1.82) is 0 Å². The van der Waals surface area contributed by atoms with E-state index in [2.05, 4.69) is 33.0 Å². The molecule has 1 aromatic heterocycles. The summed E-state index contributed by atoms with van der Waals surface area (Å²) in [6, 6.07) is 10.1. The summed E-state index contributed by atoms with van der Waals surface area (Å²) in [5, 5.41) is 12.9. The van der Waals surface area contributed by atoms with Gasteiger partial charge in [0.2, 0.25) is 5.91 Å². The predicted molar refractivity (Wildman–Crippen MR) is 114 cm³/mol. The molecule has 3 rings (SSSR count). The molecule has 0 bridgehead atoms. The Morgan fingerprint density at radius 1 is 1.07 bits per heavy atom. The number of hydrogen-bond donors (Lipinski definition) is 3. The zero-order valence-corrected chi connectivity index (χ0v) is 17.3. The van der Waals surface area contributed by atoms with Crippen molar-refractivity contribution in [2.24, 2.45) is 5.92 Å². The molecule has 0 radical (unpaired) electrons. The highest BCUT2D eigenvalue weighted by atomic mass is 16.2. The maximum atomic E-state index is 12.9. The standard InChI is InChI=1S/C21H30N6O2/c1-15(2)19(25-21(29)23-16-7-5-4-6-8-16)20(28)24-18-9-12-22-27(18)17-10-13-26(3)14-11-17/h4-9,12,15,17,19H,10-11,13-14H2,1-3H3,(H,24,28)(H2,23,25,29)/t19-/m1/s1. The van der Waals surface area contributed by atoms with Crippen molar-refractivity contribution in [2.75, 3.05) is 30.8 Å². The molecule has 1 atom stereocenters. The van der Waals surface area contributed by atoms with Crippen LogP contribution in [0.2, 0.25) is 0 Å². The second-order valence-electron chi connectivity index (χ2n) is 7.87. The molecule has 0 aliphatic carbocycles. The second kappa shape index (κ2) is 9.56. The van der Waals surface area contributed by atoms with E-state index in [1.54, 1.807) is 24.4 Å². The first kappa shape index (κ1) is 20.9. The molecule has 3 amide bonds. The normalized spacial score (nSPS) is 16.4. The molecule has 2 heterocycles. The lowest BCUT2D eigenvalue weighted by Crippen LogP contribution is -2.48. The van der Waals surface area contributed by atoms with E-state index in [4.69, 9.17) is 0 Å². The Morgan fingerprint density at radius 3 is 2.41 bits per heavy atom. The van der Waals surface area contributed by atoms with Crippen LogP contribution in [-0.4, -0.2) is 52.8 Å². The van der Waals surface area contributed by atoms with Crippen LogP contribution in [0, 0.1) is 5.92 Å². The molecule has 1 aliphatic rings. The quantitative estimate of drug-likeness (QED) is 0.698. The number of aromatic nitrogens is 2. The van der Waals surface area contributed by atoms with Gasteiger partial charge in [0.1, 0.15) is 11.9 Å². The summed E-state index contributed by atoms with van der Waals surface area (Å²) < 4.78 is 1.90. The molecule has 3 N–H and O–H groups in total. The molecular weight excluding hydrogens is 368 g/mol. The minimum atomic E-state index is -0.667. The van der Waals surface area contributed by atoms with Crippen LogP contribution in [0.15, 0.2) is 42.6 Å². The zero-order chi connectivity index (χ0) is 20.8. The summed E-state index contributed by atoms with van der Waals surface area (Å²) in [5.74, 6) is 0.342. The summed E-state index contributed by atoms with van der Waals surface area (Å²) in [5.41, 5.74) is 0.674. The van der Waals surface area contributed by atoms with Crippen molar-refractivity contribution in [3.05, 3.63) is 42.6 Å². The van der Waals surface area contributed by atoms with E-state index in [0.717, 1.165) is 25.9 Å². The molecule has 156 valence electrons. The van der Waals surface area contributed by atoms with E-state index in [1.807, 2.05) is 36.7 Å². The largest absolute Gasteiger partial charge is 0.326 e. The highest BCUT2D eigenvalue weighted by Gasteiger charge is 2.27. The number of anilines is 2. The Morgan fingerprint density at radius 2 is 1.76 bits per heavy atom. The Kier molecular flexibility index (Phi) is 6.87. The van der Waals surface area contributed by atoms with Gasteiger partial charge in [-0.05, 0) is 51.0 Å². The average Bonchev–Trinajstić information content (AvgIpc) is 3.15. The number of para-hydroxylation sites is 1. The fraction of sp³-hybridized carbons (Fsp3) is 0.476. The SMILES string of the molecule is CC(C)[C@@H](NC(=O)Nc1ccccc1)C(=O)Nc1ccnn1C1CCN(C)CC1. The Bertz CT molecular complexity index is 812. The molecule has 8 heteroatoms. The number of carbonyl (C=O) groups is 2. The first-order valence-electron chi connectivity index (χ1n) is 10.1. The summed E-state index contributed by atoms with van der Waals surface area (Å²) in [4.78, 5) is 27.6. The van der Waals surface area contributed by atoms with Gasteiger partial charge in [-0.25, -0.2) is 9.48 Å². The van der Waals surface area contributed by atoms with Gasteiger partial charge in [-0.3, -0.25) is 4.79 Å². The second-order valence-corrected chi connectivity index (χ2v) is 7.87. The number of nitrogens with one attached hydrogen (secondary N) is 3. The lowest BCUT2D eigenvalue weighted by atomic mass is 10.0. The number of likely N-dealkylation sites (tertiary alicyclic amines) is 1. The molecule has 1 aliphatic heterocycles. The van der Waals surface area contributed by atoms with Crippen molar-refractivity contribution < 1.29 is 9.59 Å². The van der Waals surface area contributed by atoms with Crippen LogP contribution in [0.3, 0.4) is 0 Å². The third-order valence-corrected chi connectivity index (χ3v) is 5.22. The first-order valence-corrected chi connectivity index (χ1v) is 10.1. The van der Waals surface area contributed by atoms with E-state index < -0.39 is 12.1 Å². The molecule has 1 fully saturated rings. The highest BCUT2D eigenvalue weighted by Crippen LogP contribution is 2.25. The number of carbonyl (C=O) groups excluding carboxylic acids is 2. The van der Waals surface area contributed by atoms with Crippen LogP contribution < -0.4 is 16.0 Å². The molecule has 0 spiro atoms. The molecule has 29 heavy (non-hydrogen) atoms. The number of piperidine rings is 1. The van der Waals surface area contributed by atoms with E-state index in [1.165, 1.54) is 0 Å². The number of urea groups is 1. The van der Waals surface area contributed by atoms with E-state index in [-0.39, 0.29) is 17.9 Å². The van der Waals surface area contributed by atoms with Crippen molar-refractivity contribution in [2.45, 2.75) is 38.8 Å². The van der Waals surface area contributed by atoms with Crippen molar-refractivity contribution in [3.8, 4) is 0 Å². The third kappa shape index (κ3) is 5.57. The molecule has 1 aromatic carbocycles. The van der Waals surface area contributed by atoms with E-state index >= 15 is 0 Å². The van der Waals surface area contributed by atoms with Gasteiger partial charge in [-0.2, -0.15) is 5.10 Å². The maximum Gasteiger partial charge on any atom is 0.319 e. The van der Waals surface area contributed by atoms with Crippen molar-refractivity contribution in [3.63, 3.8) is 0 Å². The van der Waals surface area contributed by atoms with Gasteiger partial charge in [0.05, 0.1) is 12.2 Å². The predicted octanol–water partition coefficient (Wildman–Crippen LogP) is 2.93. The van der Waals surface area contributed by atoms with Crippen LogP contribution in [-0.2, 0) is 4.79 Å². The summed E-state index contributed by atoms with van der Waals surface area (Å²) in [6.07, 6.45) is 3.69. The summed E-state index contributed by atoms with van der Waals surface area (Å²) in [6.45, 7) is 5.82. The number of nitrogens with zero attached hydrogens (tertiary/aromatic N) is 3. The lowest BCUT2D eigenvalue weighted by molar-refractivity contribution is -0.118. The van der Waals surface area contributed by atoms with Crippen LogP contribution in [0.1, 0.15) is 32.7 Å². The fourth-order valence-corrected chi connectivity index (χ4v) is 3.51. The van der Waals surface area contributed by atoms with Gasteiger partial charge in [0.15, 0.2) is 0 Å². The Labute approximate surface area is 171 Å². The minimum absolute atomic E-state index is 0.0729. The Hall–Kier alpha value is -2.87. The van der Waals surface area contributed by atoms with E-state index in [9.17, 15) is 9.59 Å². The zero-order valence-electron chi connectivity index (χ0n) is 17.3. The third-order valence-electron chi connectivity index (χ3n) is 5.22. The lowest BCUT2D eigenvalue weighted by Gasteiger charge is -2.30. The van der Waals surface area contributed by atoms with Crippen LogP contribution in [0.5, 0.6) is 0 Å². The number of amides is 3. The first-order chi connectivity index (χ1) is 13.9. The summed E-state index contributed by atoms with van der Waals surface area (Å²) in [7, 11) is 2.11. The van der Waals surface area contributed by atoms with Crippen molar-refractivity contribution in [1.82, 2.24) is 20.0 Å². The smallest absolute Gasteiger partial charge is 0.319 e. The van der Waals surface area contributed by atoms with Crippen LogP contribution >= 0.6 is 0 Å². The van der Waals surface area contributed by atoms with Crippen LogP contribution in [0.4, 0.5) is 16.3 Å². The van der Waals surface area contributed by atoms with E-state index in [0.29, 0.717) is 11.5 Å². The molecular formula is C21H30N6O2. The monoisotopic (exact) mass is 398 g/mol.